The third-order valence-corrected chi connectivity index (χ3v) is 5.18. The van der Waals surface area contributed by atoms with Gasteiger partial charge in [-0.25, -0.2) is 0 Å². The summed E-state index contributed by atoms with van der Waals surface area (Å²) in [6.07, 6.45) is 4.84. The van der Waals surface area contributed by atoms with Crippen molar-refractivity contribution in [3.05, 3.63) is 58.3 Å². The summed E-state index contributed by atoms with van der Waals surface area (Å²) in [6, 6.07) is 10.4. The normalized spacial score (nSPS) is 19.2. The number of hydrogen-bond acceptors (Lipinski definition) is 3. The number of benzene rings is 1. The Morgan fingerprint density at radius 2 is 2.21 bits per heavy atom. The van der Waals surface area contributed by atoms with Crippen LogP contribution in [0, 0.1) is 0 Å². The Bertz CT molecular complexity index is 565. The van der Waals surface area contributed by atoms with Crippen molar-refractivity contribution >= 4 is 27.7 Å². The summed E-state index contributed by atoms with van der Waals surface area (Å²) in [7, 11) is 0. The van der Waals surface area contributed by atoms with Gasteiger partial charge in [0.2, 0.25) is 0 Å². The molecule has 1 aromatic heterocycles. The summed E-state index contributed by atoms with van der Waals surface area (Å²) in [5.41, 5.74) is 2.42. The van der Waals surface area contributed by atoms with Gasteiger partial charge in [0.25, 0.3) is 0 Å². The highest BCUT2D eigenvalue weighted by atomic mass is 79.9. The van der Waals surface area contributed by atoms with Gasteiger partial charge >= 0.3 is 0 Å². The predicted octanol–water partition coefficient (Wildman–Crippen LogP) is 3.46. The van der Waals surface area contributed by atoms with E-state index in [9.17, 15) is 5.11 Å². The summed E-state index contributed by atoms with van der Waals surface area (Å²) in [6.45, 7) is 0. The number of pyridine rings is 1. The molecule has 1 aliphatic rings. The second kappa shape index (κ2) is 5.65. The SMILES string of the molecule is OC(Cc1cncc(Br)c1)C1Cc2ccccc2S1. The molecule has 1 N–H and O–H groups in total. The fourth-order valence-corrected chi connectivity index (χ4v) is 4.08. The number of rotatable bonds is 3. The lowest BCUT2D eigenvalue weighted by molar-refractivity contribution is 0.172. The second-order valence-electron chi connectivity index (χ2n) is 4.75. The molecule has 2 heterocycles. The molecule has 0 saturated heterocycles. The first-order valence-corrected chi connectivity index (χ1v) is 7.92. The molecule has 2 aromatic rings. The first-order valence-electron chi connectivity index (χ1n) is 6.24. The lowest BCUT2D eigenvalue weighted by Crippen LogP contribution is -2.25. The third-order valence-electron chi connectivity index (χ3n) is 3.31. The van der Waals surface area contributed by atoms with E-state index in [2.05, 4.69) is 45.2 Å². The van der Waals surface area contributed by atoms with Gasteiger partial charge in [0.1, 0.15) is 0 Å². The van der Waals surface area contributed by atoms with Crippen molar-refractivity contribution < 1.29 is 5.11 Å². The molecule has 0 aliphatic carbocycles. The number of hydrogen-bond donors (Lipinski definition) is 1. The summed E-state index contributed by atoms with van der Waals surface area (Å²) in [5, 5.41) is 10.6. The van der Waals surface area contributed by atoms with E-state index in [0.29, 0.717) is 6.42 Å². The Hall–Kier alpha value is -0.840. The van der Waals surface area contributed by atoms with Crippen LogP contribution in [0.2, 0.25) is 0 Å². The molecule has 0 spiro atoms. The van der Waals surface area contributed by atoms with Crippen LogP contribution in [-0.4, -0.2) is 21.4 Å². The van der Waals surface area contributed by atoms with Crippen LogP contribution in [0.3, 0.4) is 0 Å². The fraction of sp³-hybridized carbons (Fsp3) is 0.267. The zero-order chi connectivity index (χ0) is 13.2. The monoisotopic (exact) mass is 335 g/mol. The topological polar surface area (TPSA) is 33.1 Å². The molecular weight excluding hydrogens is 322 g/mol. The smallest absolute Gasteiger partial charge is 0.0706 e. The average Bonchev–Trinajstić information content (AvgIpc) is 2.82. The van der Waals surface area contributed by atoms with Gasteiger partial charge in [-0.05, 0) is 45.6 Å². The molecule has 2 unspecified atom stereocenters. The number of halogens is 1. The van der Waals surface area contributed by atoms with Crippen molar-refractivity contribution in [2.75, 3.05) is 0 Å². The van der Waals surface area contributed by atoms with Gasteiger partial charge in [0, 0.05) is 33.4 Å². The van der Waals surface area contributed by atoms with Gasteiger partial charge in [-0.1, -0.05) is 18.2 Å². The Balaban J connectivity index is 1.68. The van der Waals surface area contributed by atoms with Crippen LogP contribution in [0.15, 0.2) is 52.1 Å². The molecule has 3 rings (SSSR count). The number of thioether (sulfide) groups is 1. The summed E-state index contributed by atoms with van der Waals surface area (Å²) in [4.78, 5) is 5.44. The molecule has 0 saturated carbocycles. The Kier molecular flexibility index (Phi) is 3.91. The van der Waals surface area contributed by atoms with Crippen molar-refractivity contribution in [3.8, 4) is 0 Å². The third kappa shape index (κ3) is 3.02. The maximum atomic E-state index is 10.4. The molecule has 4 heteroatoms. The maximum absolute atomic E-state index is 10.4. The van der Waals surface area contributed by atoms with Gasteiger partial charge in [0.15, 0.2) is 0 Å². The molecule has 1 aromatic carbocycles. The van der Waals surface area contributed by atoms with Crippen molar-refractivity contribution in [1.82, 2.24) is 4.98 Å². The molecule has 0 amide bonds. The molecule has 0 radical (unpaired) electrons. The molecule has 98 valence electrons. The van der Waals surface area contributed by atoms with E-state index in [1.807, 2.05) is 12.3 Å². The van der Waals surface area contributed by atoms with Crippen LogP contribution in [0.4, 0.5) is 0 Å². The lowest BCUT2D eigenvalue weighted by atomic mass is 10.0. The number of aliphatic hydroxyl groups excluding tert-OH is 1. The van der Waals surface area contributed by atoms with Crippen molar-refractivity contribution in [3.63, 3.8) is 0 Å². The fourth-order valence-electron chi connectivity index (χ4n) is 2.36. The van der Waals surface area contributed by atoms with Gasteiger partial charge in [-0.2, -0.15) is 0 Å². The molecular formula is C15H14BrNOS. The summed E-state index contributed by atoms with van der Waals surface area (Å²) < 4.78 is 0.958. The van der Waals surface area contributed by atoms with Crippen LogP contribution in [0.25, 0.3) is 0 Å². The highest BCUT2D eigenvalue weighted by Gasteiger charge is 2.28. The quantitative estimate of drug-likeness (QED) is 0.932. The van der Waals surface area contributed by atoms with Crippen molar-refractivity contribution in [1.29, 1.82) is 0 Å². The van der Waals surface area contributed by atoms with Crippen molar-refractivity contribution in [2.45, 2.75) is 29.1 Å². The molecule has 0 fully saturated rings. The van der Waals surface area contributed by atoms with Crippen LogP contribution in [-0.2, 0) is 12.8 Å². The molecule has 19 heavy (non-hydrogen) atoms. The number of aliphatic hydroxyl groups is 1. The number of aromatic nitrogens is 1. The Morgan fingerprint density at radius 3 is 3.00 bits per heavy atom. The van der Waals surface area contributed by atoms with Crippen LogP contribution >= 0.6 is 27.7 Å². The van der Waals surface area contributed by atoms with E-state index in [-0.39, 0.29) is 11.4 Å². The first kappa shape index (κ1) is 13.2. The average molecular weight is 336 g/mol. The number of nitrogens with zero attached hydrogens (tertiary/aromatic N) is 1. The maximum Gasteiger partial charge on any atom is 0.0706 e. The molecule has 2 atom stereocenters. The van der Waals surface area contributed by atoms with E-state index in [1.54, 1.807) is 18.0 Å². The van der Waals surface area contributed by atoms with E-state index in [4.69, 9.17) is 0 Å². The highest BCUT2D eigenvalue weighted by molar-refractivity contribution is 9.10. The Morgan fingerprint density at radius 1 is 1.37 bits per heavy atom. The van der Waals surface area contributed by atoms with Gasteiger partial charge < -0.3 is 5.11 Å². The zero-order valence-corrected chi connectivity index (χ0v) is 12.7. The van der Waals surface area contributed by atoms with Crippen LogP contribution in [0.5, 0.6) is 0 Å². The molecule has 2 nitrogen and oxygen atoms in total. The molecule has 1 aliphatic heterocycles. The summed E-state index contributed by atoms with van der Waals surface area (Å²) in [5.74, 6) is 0. The van der Waals surface area contributed by atoms with Crippen molar-refractivity contribution in [2.24, 2.45) is 0 Å². The Labute approximate surface area is 125 Å². The van der Waals surface area contributed by atoms with Gasteiger partial charge in [-0.3, -0.25) is 4.98 Å². The predicted molar refractivity (Wildman–Crippen MR) is 81.4 cm³/mol. The number of fused-ring (bicyclic) bond motifs is 1. The van der Waals surface area contributed by atoms with E-state index in [0.717, 1.165) is 16.5 Å². The van der Waals surface area contributed by atoms with E-state index < -0.39 is 0 Å². The highest BCUT2D eigenvalue weighted by Crippen LogP contribution is 2.38. The second-order valence-corrected chi connectivity index (χ2v) is 6.95. The minimum Gasteiger partial charge on any atom is -0.392 e. The summed E-state index contributed by atoms with van der Waals surface area (Å²) >= 11 is 5.20. The van der Waals surface area contributed by atoms with Gasteiger partial charge in [0.05, 0.1) is 6.10 Å². The largest absolute Gasteiger partial charge is 0.392 e. The standard InChI is InChI=1S/C15H14BrNOS/c16-12-5-10(8-17-9-12)6-13(18)15-7-11-3-1-2-4-14(11)19-15/h1-5,8-9,13,15,18H,6-7H2. The minimum atomic E-state index is -0.339. The van der Waals surface area contributed by atoms with E-state index >= 15 is 0 Å². The van der Waals surface area contributed by atoms with Crippen LogP contribution in [0.1, 0.15) is 11.1 Å². The van der Waals surface area contributed by atoms with Gasteiger partial charge in [-0.15, -0.1) is 11.8 Å². The first-order chi connectivity index (χ1) is 9.22. The lowest BCUT2D eigenvalue weighted by Gasteiger charge is -2.16. The van der Waals surface area contributed by atoms with Crippen LogP contribution < -0.4 is 0 Å². The molecule has 0 bridgehead atoms. The zero-order valence-electron chi connectivity index (χ0n) is 10.3. The van der Waals surface area contributed by atoms with E-state index in [1.165, 1.54) is 10.5 Å². The minimum absolute atomic E-state index is 0.247.